The molecular formula is C17H30N2. The van der Waals surface area contributed by atoms with Gasteiger partial charge in [-0.3, -0.25) is 0 Å². The fraction of sp³-hybridized carbons (Fsp3) is 0.647. The van der Waals surface area contributed by atoms with Crippen LogP contribution in [-0.4, -0.2) is 25.0 Å². The molecule has 2 unspecified atom stereocenters. The molecule has 1 aromatic carbocycles. The van der Waals surface area contributed by atoms with E-state index in [0.29, 0.717) is 12.0 Å². The van der Waals surface area contributed by atoms with Crippen LogP contribution in [0.15, 0.2) is 30.3 Å². The molecular weight excluding hydrogens is 232 g/mol. The van der Waals surface area contributed by atoms with Crippen molar-refractivity contribution in [1.29, 1.82) is 0 Å². The van der Waals surface area contributed by atoms with Gasteiger partial charge in [-0.2, -0.15) is 0 Å². The predicted octanol–water partition coefficient (Wildman–Crippen LogP) is 3.62. The van der Waals surface area contributed by atoms with Crippen LogP contribution in [0.5, 0.6) is 0 Å². The van der Waals surface area contributed by atoms with Gasteiger partial charge in [0.25, 0.3) is 0 Å². The fourth-order valence-corrected chi connectivity index (χ4v) is 3.12. The topological polar surface area (TPSA) is 29.3 Å². The summed E-state index contributed by atoms with van der Waals surface area (Å²) in [7, 11) is 4.29. The average Bonchev–Trinajstić information content (AvgIpc) is 2.35. The Morgan fingerprint density at radius 2 is 1.74 bits per heavy atom. The molecule has 2 N–H and O–H groups in total. The lowest BCUT2D eigenvalue weighted by molar-refractivity contribution is 0.142. The van der Waals surface area contributed by atoms with E-state index < -0.39 is 0 Å². The van der Waals surface area contributed by atoms with E-state index in [1.54, 1.807) is 0 Å². The molecule has 0 aromatic heterocycles. The van der Waals surface area contributed by atoms with E-state index in [2.05, 4.69) is 70.1 Å². The second kappa shape index (κ2) is 7.06. The number of nitrogens with two attached hydrogens (primary N) is 1. The zero-order valence-electron chi connectivity index (χ0n) is 13.2. The van der Waals surface area contributed by atoms with Gasteiger partial charge in [-0.05, 0) is 38.4 Å². The summed E-state index contributed by atoms with van der Waals surface area (Å²) in [6, 6.07) is 11.0. The highest BCUT2D eigenvalue weighted by molar-refractivity contribution is 5.26. The minimum atomic E-state index is -0.269. The summed E-state index contributed by atoms with van der Waals surface area (Å²) < 4.78 is 0. The molecule has 0 heterocycles. The van der Waals surface area contributed by atoms with Gasteiger partial charge in [0.05, 0.1) is 5.54 Å². The Hall–Kier alpha value is -0.860. The molecule has 1 rings (SSSR count). The summed E-state index contributed by atoms with van der Waals surface area (Å²) in [5.74, 6) is 0.588. The van der Waals surface area contributed by atoms with Crippen LogP contribution in [0.25, 0.3) is 0 Å². The van der Waals surface area contributed by atoms with Crippen LogP contribution < -0.4 is 5.73 Å². The molecule has 0 spiro atoms. The Bertz CT molecular complexity index is 359. The monoisotopic (exact) mass is 262 g/mol. The van der Waals surface area contributed by atoms with Crippen LogP contribution in [0.4, 0.5) is 0 Å². The zero-order chi connectivity index (χ0) is 14.5. The molecule has 2 atom stereocenters. The van der Waals surface area contributed by atoms with Crippen LogP contribution >= 0.6 is 0 Å². The molecule has 1 aromatic rings. The summed E-state index contributed by atoms with van der Waals surface area (Å²) in [6.45, 7) is 6.74. The lowest BCUT2D eigenvalue weighted by atomic mass is 9.75. The number of nitrogens with zero attached hydrogens (tertiary/aromatic N) is 1. The van der Waals surface area contributed by atoms with Crippen molar-refractivity contribution in [2.75, 3.05) is 14.1 Å². The zero-order valence-corrected chi connectivity index (χ0v) is 13.2. The molecule has 0 radical (unpaired) electrons. The first kappa shape index (κ1) is 16.2. The molecule has 0 saturated heterocycles. The first-order valence-electron chi connectivity index (χ1n) is 7.42. The minimum Gasteiger partial charge on any atom is -0.320 e. The third-order valence-corrected chi connectivity index (χ3v) is 3.84. The summed E-state index contributed by atoms with van der Waals surface area (Å²) in [5.41, 5.74) is 7.90. The Kier molecular flexibility index (Phi) is 6.02. The van der Waals surface area contributed by atoms with Crippen molar-refractivity contribution in [2.24, 2.45) is 11.7 Å². The summed E-state index contributed by atoms with van der Waals surface area (Å²) in [5, 5.41) is 0. The Morgan fingerprint density at radius 3 is 2.16 bits per heavy atom. The van der Waals surface area contributed by atoms with Gasteiger partial charge in [0, 0.05) is 6.04 Å². The van der Waals surface area contributed by atoms with E-state index in [1.807, 2.05) is 0 Å². The highest BCUT2D eigenvalue weighted by atomic mass is 15.1. The molecule has 0 amide bonds. The first-order chi connectivity index (χ1) is 8.91. The molecule has 0 aliphatic carbocycles. The third kappa shape index (κ3) is 4.05. The molecule has 0 bridgehead atoms. The predicted molar refractivity (Wildman–Crippen MR) is 84.1 cm³/mol. The lowest BCUT2D eigenvalue weighted by Gasteiger charge is -2.43. The van der Waals surface area contributed by atoms with Gasteiger partial charge < -0.3 is 10.6 Å². The first-order valence-corrected chi connectivity index (χ1v) is 7.42. The molecule has 0 fully saturated rings. The highest BCUT2D eigenvalue weighted by Gasteiger charge is 2.37. The van der Waals surface area contributed by atoms with Gasteiger partial charge in [0.2, 0.25) is 0 Å². The molecule has 2 heteroatoms. The van der Waals surface area contributed by atoms with Crippen LogP contribution in [-0.2, 0) is 5.54 Å². The van der Waals surface area contributed by atoms with Crippen molar-refractivity contribution >= 4 is 0 Å². The van der Waals surface area contributed by atoms with E-state index in [1.165, 1.54) is 5.56 Å². The fourth-order valence-electron chi connectivity index (χ4n) is 3.12. The van der Waals surface area contributed by atoms with Crippen molar-refractivity contribution in [3.63, 3.8) is 0 Å². The number of benzene rings is 1. The van der Waals surface area contributed by atoms with Crippen LogP contribution in [0.3, 0.4) is 0 Å². The molecule has 2 nitrogen and oxygen atoms in total. The number of hydrogen-bond acceptors (Lipinski definition) is 2. The quantitative estimate of drug-likeness (QED) is 0.813. The standard InChI is InChI=1S/C17H30N2/c1-6-10-16(19(4)5)17(18,13-14(2)3)15-11-8-7-9-12-15/h7-9,11-12,14,16H,6,10,13,18H2,1-5H3. The maximum absolute atomic E-state index is 6.91. The molecule has 0 saturated carbocycles. The summed E-state index contributed by atoms with van der Waals surface area (Å²) in [4.78, 5) is 2.29. The normalized spacial score (nSPS) is 16.6. The van der Waals surface area contributed by atoms with Crippen LogP contribution in [0, 0.1) is 5.92 Å². The second-order valence-electron chi connectivity index (χ2n) is 6.27. The molecule has 0 aliphatic heterocycles. The Morgan fingerprint density at radius 1 is 1.16 bits per heavy atom. The van der Waals surface area contributed by atoms with Gasteiger partial charge in [0.1, 0.15) is 0 Å². The van der Waals surface area contributed by atoms with Crippen molar-refractivity contribution in [3.05, 3.63) is 35.9 Å². The number of hydrogen-bond donors (Lipinski definition) is 1. The average molecular weight is 262 g/mol. The van der Waals surface area contributed by atoms with E-state index in [0.717, 1.165) is 19.3 Å². The minimum absolute atomic E-state index is 0.269. The van der Waals surface area contributed by atoms with Gasteiger partial charge in [-0.25, -0.2) is 0 Å². The van der Waals surface area contributed by atoms with E-state index in [4.69, 9.17) is 5.73 Å². The van der Waals surface area contributed by atoms with Crippen LogP contribution in [0.2, 0.25) is 0 Å². The Balaban J connectivity index is 3.17. The maximum Gasteiger partial charge on any atom is 0.0569 e. The lowest BCUT2D eigenvalue weighted by Crippen LogP contribution is -2.54. The third-order valence-electron chi connectivity index (χ3n) is 3.84. The van der Waals surface area contributed by atoms with Crippen molar-refractivity contribution < 1.29 is 0 Å². The maximum atomic E-state index is 6.91. The molecule has 108 valence electrons. The molecule has 0 aliphatic rings. The highest BCUT2D eigenvalue weighted by Crippen LogP contribution is 2.33. The number of rotatable bonds is 7. The molecule has 19 heavy (non-hydrogen) atoms. The van der Waals surface area contributed by atoms with Gasteiger partial charge >= 0.3 is 0 Å². The number of likely N-dealkylation sites (N-methyl/N-ethyl adjacent to an activating group) is 1. The van der Waals surface area contributed by atoms with E-state index in [-0.39, 0.29) is 5.54 Å². The van der Waals surface area contributed by atoms with Crippen molar-refractivity contribution in [1.82, 2.24) is 4.90 Å². The van der Waals surface area contributed by atoms with Crippen molar-refractivity contribution in [2.45, 2.75) is 51.6 Å². The van der Waals surface area contributed by atoms with E-state index >= 15 is 0 Å². The SMILES string of the molecule is CCCC(N(C)C)C(N)(CC(C)C)c1ccccc1. The van der Waals surface area contributed by atoms with Gasteiger partial charge in [-0.15, -0.1) is 0 Å². The van der Waals surface area contributed by atoms with Gasteiger partial charge in [-0.1, -0.05) is 57.5 Å². The van der Waals surface area contributed by atoms with Crippen molar-refractivity contribution in [3.8, 4) is 0 Å². The Labute approximate surface area is 119 Å². The summed E-state index contributed by atoms with van der Waals surface area (Å²) in [6.07, 6.45) is 3.30. The second-order valence-corrected chi connectivity index (χ2v) is 6.27. The van der Waals surface area contributed by atoms with E-state index in [9.17, 15) is 0 Å². The van der Waals surface area contributed by atoms with Crippen LogP contribution in [0.1, 0.15) is 45.6 Å². The summed E-state index contributed by atoms with van der Waals surface area (Å²) >= 11 is 0. The van der Waals surface area contributed by atoms with Gasteiger partial charge in [0.15, 0.2) is 0 Å². The largest absolute Gasteiger partial charge is 0.320 e. The smallest absolute Gasteiger partial charge is 0.0569 e.